The second-order valence-corrected chi connectivity index (χ2v) is 6.07. The smallest absolute Gasteiger partial charge is 0.228 e. The van der Waals surface area contributed by atoms with Crippen LogP contribution in [0.5, 0.6) is 0 Å². The maximum Gasteiger partial charge on any atom is 0.228 e. The van der Waals surface area contributed by atoms with Gasteiger partial charge in [0, 0.05) is 44.4 Å². The second-order valence-electron chi connectivity index (χ2n) is 6.07. The molecule has 2 aliphatic rings. The maximum atomic E-state index is 12.5. The van der Waals surface area contributed by atoms with Gasteiger partial charge in [0.1, 0.15) is 0 Å². The Hall–Kier alpha value is -2.41. The van der Waals surface area contributed by atoms with Crippen LogP contribution in [0, 0.1) is 5.92 Å². The molecule has 2 fully saturated rings. The largest absolute Gasteiger partial charge is 0.378 e. The SMILES string of the molecule is CC(=O)Nc1ccc(N2CC(C(=O)N3CCOCC3)CC2=O)cc1. The van der Waals surface area contributed by atoms with Crippen molar-refractivity contribution in [1.29, 1.82) is 0 Å². The number of benzene rings is 1. The molecule has 7 heteroatoms. The molecule has 2 saturated heterocycles. The monoisotopic (exact) mass is 331 g/mol. The molecule has 3 rings (SSSR count). The van der Waals surface area contributed by atoms with Gasteiger partial charge < -0.3 is 19.9 Å². The number of hydrogen-bond donors (Lipinski definition) is 1. The highest BCUT2D eigenvalue weighted by Crippen LogP contribution is 2.27. The Morgan fingerprint density at radius 1 is 1.17 bits per heavy atom. The molecule has 0 spiro atoms. The first-order valence-electron chi connectivity index (χ1n) is 8.09. The predicted octanol–water partition coefficient (Wildman–Crippen LogP) is 0.857. The predicted molar refractivity (Wildman–Crippen MR) is 88.6 cm³/mol. The minimum Gasteiger partial charge on any atom is -0.378 e. The molecule has 0 aliphatic carbocycles. The van der Waals surface area contributed by atoms with Gasteiger partial charge in [-0.2, -0.15) is 0 Å². The number of hydrogen-bond acceptors (Lipinski definition) is 4. The van der Waals surface area contributed by atoms with Gasteiger partial charge in [0.25, 0.3) is 0 Å². The Balaban J connectivity index is 1.66. The van der Waals surface area contributed by atoms with E-state index in [1.165, 1.54) is 6.92 Å². The highest BCUT2D eigenvalue weighted by Gasteiger charge is 2.37. The minimum absolute atomic E-state index is 0.0315. The van der Waals surface area contributed by atoms with Crippen molar-refractivity contribution in [2.75, 3.05) is 43.1 Å². The Morgan fingerprint density at radius 3 is 2.46 bits per heavy atom. The minimum atomic E-state index is -0.300. The summed E-state index contributed by atoms with van der Waals surface area (Å²) in [4.78, 5) is 39.3. The zero-order valence-electron chi connectivity index (χ0n) is 13.7. The van der Waals surface area contributed by atoms with Crippen LogP contribution in [0.1, 0.15) is 13.3 Å². The van der Waals surface area contributed by atoms with E-state index in [0.29, 0.717) is 38.5 Å². The van der Waals surface area contributed by atoms with E-state index in [0.717, 1.165) is 5.69 Å². The fourth-order valence-corrected chi connectivity index (χ4v) is 3.09. The van der Waals surface area contributed by atoms with Crippen molar-refractivity contribution in [1.82, 2.24) is 4.90 Å². The Bertz CT molecular complexity index is 638. The molecule has 1 atom stereocenters. The van der Waals surface area contributed by atoms with Crippen molar-refractivity contribution in [2.24, 2.45) is 5.92 Å². The van der Waals surface area contributed by atoms with E-state index < -0.39 is 0 Å². The number of ether oxygens (including phenoxy) is 1. The van der Waals surface area contributed by atoms with Gasteiger partial charge in [-0.1, -0.05) is 0 Å². The van der Waals surface area contributed by atoms with Gasteiger partial charge >= 0.3 is 0 Å². The zero-order valence-corrected chi connectivity index (χ0v) is 13.7. The first kappa shape index (κ1) is 16.4. The molecule has 24 heavy (non-hydrogen) atoms. The summed E-state index contributed by atoms with van der Waals surface area (Å²) in [7, 11) is 0. The number of rotatable bonds is 3. The van der Waals surface area contributed by atoms with E-state index in [-0.39, 0.29) is 30.1 Å². The van der Waals surface area contributed by atoms with Gasteiger partial charge in [-0.3, -0.25) is 14.4 Å². The van der Waals surface area contributed by atoms with E-state index in [1.54, 1.807) is 34.1 Å². The van der Waals surface area contributed by atoms with E-state index in [1.807, 2.05) is 0 Å². The number of amides is 3. The van der Waals surface area contributed by atoms with Crippen molar-refractivity contribution < 1.29 is 19.1 Å². The highest BCUT2D eigenvalue weighted by atomic mass is 16.5. The average Bonchev–Trinajstić information content (AvgIpc) is 2.97. The lowest BCUT2D eigenvalue weighted by atomic mass is 10.1. The van der Waals surface area contributed by atoms with Crippen molar-refractivity contribution in [2.45, 2.75) is 13.3 Å². The van der Waals surface area contributed by atoms with Crippen LogP contribution in [-0.2, 0) is 19.1 Å². The molecule has 7 nitrogen and oxygen atoms in total. The van der Waals surface area contributed by atoms with E-state index in [2.05, 4.69) is 5.32 Å². The fraction of sp³-hybridized carbons (Fsp3) is 0.471. The summed E-state index contributed by atoms with van der Waals surface area (Å²) in [6.45, 7) is 4.14. The van der Waals surface area contributed by atoms with E-state index >= 15 is 0 Å². The van der Waals surface area contributed by atoms with Crippen LogP contribution in [0.3, 0.4) is 0 Å². The quantitative estimate of drug-likeness (QED) is 0.891. The molecule has 2 aliphatic heterocycles. The lowest BCUT2D eigenvalue weighted by Gasteiger charge is -2.29. The number of nitrogens with one attached hydrogen (secondary N) is 1. The summed E-state index contributed by atoms with van der Waals surface area (Å²) < 4.78 is 5.26. The summed E-state index contributed by atoms with van der Waals surface area (Å²) in [6.07, 6.45) is 0.240. The second kappa shape index (κ2) is 7.00. The van der Waals surface area contributed by atoms with Crippen molar-refractivity contribution >= 4 is 29.1 Å². The lowest BCUT2D eigenvalue weighted by molar-refractivity contribution is -0.139. The lowest BCUT2D eigenvalue weighted by Crippen LogP contribution is -2.44. The molecular weight excluding hydrogens is 310 g/mol. The van der Waals surface area contributed by atoms with Gasteiger partial charge in [-0.25, -0.2) is 0 Å². The third-order valence-corrected chi connectivity index (χ3v) is 4.30. The molecule has 0 aromatic heterocycles. The Morgan fingerprint density at radius 2 is 1.83 bits per heavy atom. The fourth-order valence-electron chi connectivity index (χ4n) is 3.09. The summed E-state index contributed by atoms with van der Waals surface area (Å²) in [5.74, 6) is -0.459. The van der Waals surface area contributed by atoms with Gasteiger partial charge in [0.2, 0.25) is 17.7 Å². The van der Waals surface area contributed by atoms with Crippen LogP contribution < -0.4 is 10.2 Å². The Kier molecular flexibility index (Phi) is 4.80. The maximum absolute atomic E-state index is 12.5. The van der Waals surface area contributed by atoms with Gasteiger partial charge in [-0.05, 0) is 24.3 Å². The molecule has 1 N–H and O–H groups in total. The van der Waals surface area contributed by atoms with Crippen LogP contribution in [0.2, 0.25) is 0 Å². The molecule has 1 aromatic carbocycles. The Labute approximate surface area is 140 Å². The molecule has 128 valence electrons. The summed E-state index contributed by atoms with van der Waals surface area (Å²) in [5.41, 5.74) is 1.42. The molecular formula is C17H21N3O4. The highest BCUT2D eigenvalue weighted by molar-refractivity contribution is 6.00. The standard InChI is InChI=1S/C17H21N3O4/c1-12(21)18-14-2-4-15(5-3-14)20-11-13(10-16(20)22)17(23)19-6-8-24-9-7-19/h2-5,13H,6-11H2,1H3,(H,18,21). The van der Waals surface area contributed by atoms with E-state index in [4.69, 9.17) is 4.74 Å². The molecule has 0 bridgehead atoms. The third kappa shape index (κ3) is 3.56. The van der Waals surface area contributed by atoms with Crippen molar-refractivity contribution in [3.8, 4) is 0 Å². The van der Waals surface area contributed by atoms with Gasteiger partial charge in [0.05, 0.1) is 19.1 Å². The van der Waals surface area contributed by atoms with Crippen LogP contribution in [-0.4, -0.2) is 55.5 Å². The average molecular weight is 331 g/mol. The molecule has 0 saturated carbocycles. The van der Waals surface area contributed by atoms with Crippen LogP contribution >= 0.6 is 0 Å². The summed E-state index contributed by atoms with van der Waals surface area (Å²) in [5, 5.41) is 2.69. The normalized spacial score (nSPS) is 21.0. The number of morpholine rings is 1. The third-order valence-electron chi connectivity index (χ3n) is 4.30. The van der Waals surface area contributed by atoms with E-state index in [9.17, 15) is 14.4 Å². The number of carbonyl (C=O) groups excluding carboxylic acids is 3. The van der Waals surface area contributed by atoms with Crippen LogP contribution in [0.25, 0.3) is 0 Å². The first-order chi connectivity index (χ1) is 11.5. The molecule has 3 amide bonds. The molecule has 2 heterocycles. The van der Waals surface area contributed by atoms with Gasteiger partial charge in [-0.15, -0.1) is 0 Å². The number of carbonyl (C=O) groups is 3. The van der Waals surface area contributed by atoms with Crippen LogP contribution in [0.15, 0.2) is 24.3 Å². The summed E-state index contributed by atoms with van der Waals surface area (Å²) >= 11 is 0. The molecule has 1 unspecified atom stereocenters. The summed E-state index contributed by atoms with van der Waals surface area (Å²) in [6, 6.07) is 7.07. The van der Waals surface area contributed by atoms with Crippen LogP contribution in [0.4, 0.5) is 11.4 Å². The first-order valence-corrected chi connectivity index (χ1v) is 8.09. The molecule has 0 radical (unpaired) electrons. The van der Waals surface area contributed by atoms with Crippen molar-refractivity contribution in [3.63, 3.8) is 0 Å². The number of nitrogens with zero attached hydrogens (tertiary/aromatic N) is 2. The van der Waals surface area contributed by atoms with Crippen molar-refractivity contribution in [3.05, 3.63) is 24.3 Å². The zero-order chi connectivity index (χ0) is 17.1. The topological polar surface area (TPSA) is 79.0 Å². The van der Waals surface area contributed by atoms with Gasteiger partial charge in [0.15, 0.2) is 0 Å². The molecule has 1 aromatic rings. The number of anilines is 2.